The fourth-order valence-corrected chi connectivity index (χ4v) is 1.97. The fraction of sp³-hybridized carbons (Fsp3) is 0.167. The van der Waals surface area contributed by atoms with Gasteiger partial charge in [0.05, 0.1) is 12.6 Å². The predicted octanol–water partition coefficient (Wildman–Crippen LogP) is -0.116. The van der Waals surface area contributed by atoms with Crippen LogP contribution in [0.1, 0.15) is 5.69 Å². The Bertz CT molecular complexity index is 613. The van der Waals surface area contributed by atoms with Gasteiger partial charge in [0.15, 0.2) is 0 Å². The highest BCUT2D eigenvalue weighted by atomic mass is 16.2. The van der Waals surface area contributed by atoms with Crippen molar-refractivity contribution in [3.05, 3.63) is 41.4 Å². The van der Waals surface area contributed by atoms with Crippen LogP contribution in [0.2, 0.25) is 0 Å². The first-order valence-corrected chi connectivity index (χ1v) is 5.37. The molecular weight excluding hydrogens is 227 g/mol. The van der Waals surface area contributed by atoms with Crippen molar-refractivity contribution < 1.29 is 5.02 Å². The molecule has 0 bridgehead atoms. The summed E-state index contributed by atoms with van der Waals surface area (Å²) >= 11 is 0. The maximum atomic E-state index is 10.3. The first-order valence-electron chi connectivity index (χ1n) is 5.37. The first kappa shape index (κ1) is 12.0. The minimum Gasteiger partial charge on any atom is -0.439 e. The van der Waals surface area contributed by atoms with Gasteiger partial charge in [0, 0.05) is 12.6 Å². The lowest BCUT2D eigenvalue weighted by atomic mass is 9.61. The molecule has 0 radical (unpaired) electrons. The van der Waals surface area contributed by atoms with Crippen molar-refractivity contribution in [2.45, 2.75) is 0 Å². The molecule has 0 aliphatic carbocycles. The molecule has 18 heavy (non-hydrogen) atoms. The highest BCUT2D eigenvalue weighted by molar-refractivity contribution is 6.77. The van der Waals surface area contributed by atoms with Crippen molar-refractivity contribution in [3.8, 4) is 6.07 Å². The van der Waals surface area contributed by atoms with E-state index in [2.05, 4.69) is 4.85 Å². The van der Waals surface area contributed by atoms with E-state index in [1.54, 1.807) is 47.5 Å². The number of hydrogen-bond acceptors (Lipinski definition) is 2. The van der Waals surface area contributed by atoms with Crippen molar-refractivity contribution in [3.63, 3.8) is 0 Å². The second-order valence-electron chi connectivity index (χ2n) is 4.00. The van der Waals surface area contributed by atoms with Crippen molar-refractivity contribution in [2.75, 3.05) is 0 Å². The summed E-state index contributed by atoms with van der Waals surface area (Å²) in [5, 5.41) is 19.2. The van der Waals surface area contributed by atoms with Crippen LogP contribution >= 0.6 is 0 Å². The van der Waals surface area contributed by atoms with Crippen LogP contribution in [-0.4, -0.2) is 21.1 Å². The van der Waals surface area contributed by atoms with Crippen LogP contribution in [0.4, 0.5) is 5.82 Å². The van der Waals surface area contributed by atoms with Gasteiger partial charge in [0.1, 0.15) is 11.8 Å². The average Bonchev–Trinajstić information content (AvgIpc) is 2.91. The summed E-state index contributed by atoms with van der Waals surface area (Å²) in [7, 11) is 3.47. The highest BCUT2D eigenvalue weighted by Gasteiger charge is 2.27. The Morgan fingerprint density at radius 3 is 2.33 bits per heavy atom. The Labute approximate surface area is 105 Å². The van der Waals surface area contributed by atoms with Crippen molar-refractivity contribution in [1.82, 2.24) is 9.13 Å². The molecule has 0 aliphatic rings. The number of nitrogens with zero attached hydrogens (tertiary/aromatic N) is 4. The van der Waals surface area contributed by atoms with E-state index in [1.807, 2.05) is 6.07 Å². The second-order valence-corrected chi connectivity index (χ2v) is 4.00. The van der Waals surface area contributed by atoms with Crippen molar-refractivity contribution in [2.24, 2.45) is 14.1 Å². The lowest BCUT2D eigenvalue weighted by molar-refractivity contribution is 0.593. The molecule has 0 aliphatic heterocycles. The molecule has 0 atom stereocenters. The number of aromatic nitrogens is 2. The molecule has 2 heterocycles. The van der Waals surface area contributed by atoms with Crippen LogP contribution in [-0.2, 0) is 14.1 Å². The van der Waals surface area contributed by atoms with Crippen LogP contribution in [0.5, 0.6) is 0 Å². The van der Waals surface area contributed by atoms with Crippen LogP contribution in [0.25, 0.3) is 4.85 Å². The lowest BCUT2D eigenvalue weighted by Crippen LogP contribution is -2.48. The topological polar surface area (TPSA) is 58.2 Å². The van der Waals surface area contributed by atoms with Gasteiger partial charge in [-0.25, -0.2) is 0 Å². The summed E-state index contributed by atoms with van der Waals surface area (Å²) < 4.78 is 3.30. The quantitative estimate of drug-likeness (QED) is 0.586. The number of nitriles is 1. The third-order valence-corrected chi connectivity index (χ3v) is 3.08. The van der Waals surface area contributed by atoms with Crippen LogP contribution < -0.4 is 11.2 Å². The molecule has 6 heteroatoms. The normalized spacial score (nSPS) is 9.83. The van der Waals surface area contributed by atoms with Gasteiger partial charge in [0.25, 0.3) is 0 Å². The van der Waals surface area contributed by atoms with Crippen LogP contribution in [0.3, 0.4) is 0 Å². The molecule has 2 rings (SSSR count). The van der Waals surface area contributed by atoms with Gasteiger partial charge in [0.2, 0.25) is 5.82 Å². The summed E-state index contributed by atoms with van der Waals surface area (Å²) in [5.74, 6) is 0.471. The van der Waals surface area contributed by atoms with Crippen molar-refractivity contribution in [1.29, 1.82) is 5.26 Å². The first-order chi connectivity index (χ1) is 8.60. The Morgan fingerprint density at radius 1 is 1.22 bits per heavy atom. The van der Waals surface area contributed by atoms with Gasteiger partial charge >= 0.3 is 6.92 Å². The Hall–Kier alpha value is -2.44. The van der Waals surface area contributed by atoms with Crippen molar-refractivity contribution >= 4 is 23.9 Å². The summed E-state index contributed by atoms with van der Waals surface area (Å²) in [5.41, 5.74) is 1.75. The largest absolute Gasteiger partial charge is 0.439 e. The standard InChI is InChI=1S/C12H11BN4O/c1-15-12-7-6-11(17(12)3)13(18)10-5-4-9(8-14)16(10)2/h4-7,18H,2-3H3. The molecule has 5 nitrogen and oxygen atoms in total. The lowest BCUT2D eigenvalue weighted by Gasteiger charge is -2.08. The Kier molecular flexibility index (Phi) is 2.97. The molecule has 88 valence electrons. The van der Waals surface area contributed by atoms with E-state index in [0.29, 0.717) is 22.7 Å². The zero-order chi connectivity index (χ0) is 13.3. The fourth-order valence-electron chi connectivity index (χ4n) is 1.97. The number of hydrogen-bond donors (Lipinski definition) is 1. The Morgan fingerprint density at radius 2 is 1.83 bits per heavy atom. The van der Waals surface area contributed by atoms with Gasteiger partial charge in [-0.1, -0.05) is 6.57 Å². The smallest absolute Gasteiger partial charge is 0.419 e. The van der Waals surface area contributed by atoms with Gasteiger partial charge < -0.3 is 19.0 Å². The zero-order valence-corrected chi connectivity index (χ0v) is 10.1. The van der Waals surface area contributed by atoms with E-state index in [9.17, 15) is 5.02 Å². The molecule has 2 aromatic rings. The molecule has 0 amide bonds. The average molecular weight is 238 g/mol. The maximum Gasteiger partial charge on any atom is 0.419 e. The van der Waals surface area contributed by atoms with Gasteiger partial charge in [-0.3, -0.25) is 0 Å². The molecular formula is C12H11BN4O. The third kappa shape index (κ3) is 1.69. The summed E-state index contributed by atoms with van der Waals surface area (Å²) in [4.78, 5) is 3.35. The van der Waals surface area contributed by atoms with E-state index in [1.165, 1.54) is 0 Å². The van der Waals surface area contributed by atoms with Crippen LogP contribution in [0.15, 0.2) is 24.3 Å². The van der Waals surface area contributed by atoms with Crippen LogP contribution in [0, 0.1) is 17.9 Å². The molecule has 1 N–H and O–H groups in total. The summed E-state index contributed by atoms with van der Waals surface area (Å²) in [6, 6.07) is 8.82. The van der Waals surface area contributed by atoms with E-state index in [4.69, 9.17) is 11.8 Å². The third-order valence-electron chi connectivity index (χ3n) is 3.08. The van der Waals surface area contributed by atoms with Gasteiger partial charge in [-0.15, -0.1) is 0 Å². The maximum absolute atomic E-state index is 10.3. The predicted molar refractivity (Wildman–Crippen MR) is 69.0 cm³/mol. The SMILES string of the molecule is [C-]#[N+]c1ccc(B(O)c2ccc(C#N)n2C)n1C. The highest BCUT2D eigenvalue weighted by Crippen LogP contribution is 2.09. The Balaban J connectivity index is 2.46. The van der Waals surface area contributed by atoms with E-state index in [-0.39, 0.29) is 0 Å². The van der Waals surface area contributed by atoms with Gasteiger partial charge in [-0.2, -0.15) is 5.26 Å². The molecule has 0 saturated carbocycles. The molecule has 0 aromatic carbocycles. The minimum absolute atomic E-state index is 0.471. The summed E-state index contributed by atoms with van der Waals surface area (Å²) in [6.07, 6.45) is 0. The molecule has 0 spiro atoms. The molecule has 0 saturated heterocycles. The second kappa shape index (κ2) is 4.44. The summed E-state index contributed by atoms with van der Waals surface area (Å²) in [6.45, 7) is 6.14. The monoisotopic (exact) mass is 238 g/mol. The van der Waals surface area contributed by atoms with E-state index < -0.39 is 6.92 Å². The molecule has 2 aromatic heterocycles. The zero-order valence-electron chi connectivity index (χ0n) is 10.1. The van der Waals surface area contributed by atoms with E-state index >= 15 is 0 Å². The molecule has 0 unspecified atom stereocenters. The number of rotatable bonds is 2. The van der Waals surface area contributed by atoms with Gasteiger partial charge in [-0.05, 0) is 24.3 Å². The van der Waals surface area contributed by atoms with E-state index in [0.717, 1.165) is 0 Å². The molecule has 0 fully saturated rings. The minimum atomic E-state index is -0.849.